The summed E-state index contributed by atoms with van der Waals surface area (Å²) in [7, 11) is 0. The van der Waals surface area contributed by atoms with Crippen molar-refractivity contribution in [2.75, 3.05) is 0 Å². The summed E-state index contributed by atoms with van der Waals surface area (Å²) in [6.07, 6.45) is -3.40. The molecule has 0 aromatic carbocycles. The fourth-order valence-corrected chi connectivity index (χ4v) is 1.20. The molecule has 0 atom stereocenters. The Balaban J connectivity index is 3.19. The molecule has 0 amide bonds. The van der Waals surface area contributed by atoms with Crippen LogP contribution < -0.4 is 11.2 Å². The number of hydrogen-bond donors (Lipinski definition) is 1. The molecule has 1 aromatic heterocycles. The molecular weight excluding hydrogens is 225 g/mol. The summed E-state index contributed by atoms with van der Waals surface area (Å²) in [5, 5.41) is 0. The molecule has 1 aromatic rings. The second-order valence-corrected chi connectivity index (χ2v) is 3.33. The van der Waals surface area contributed by atoms with Gasteiger partial charge in [0.1, 0.15) is 5.69 Å². The Morgan fingerprint density at radius 2 is 2.00 bits per heavy atom. The normalized spacial score (nSPS) is 11.8. The highest BCUT2D eigenvalue weighted by Crippen LogP contribution is 2.25. The second kappa shape index (κ2) is 4.54. The monoisotopic (exact) mass is 236 g/mol. The van der Waals surface area contributed by atoms with Crippen molar-refractivity contribution in [2.45, 2.75) is 32.5 Å². The Labute approximate surface area is 88.7 Å². The van der Waals surface area contributed by atoms with E-state index in [2.05, 4.69) is 0 Å². The molecule has 1 N–H and O–H groups in total. The van der Waals surface area contributed by atoms with Gasteiger partial charge in [-0.15, -0.1) is 0 Å². The Bertz CT molecular complexity index is 442. The Morgan fingerprint density at radius 1 is 1.38 bits per heavy atom. The van der Waals surface area contributed by atoms with Crippen molar-refractivity contribution in [1.82, 2.24) is 9.55 Å². The fraction of sp³-hybridized carbons (Fsp3) is 0.556. The first kappa shape index (κ1) is 12.5. The highest BCUT2D eigenvalue weighted by molar-refractivity contribution is 5.03. The first-order valence-corrected chi connectivity index (χ1v) is 4.77. The number of nitrogens with one attached hydrogen (secondary N) is 1. The van der Waals surface area contributed by atoms with Gasteiger partial charge in [0.25, 0.3) is 5.56 Å². The molecule has 0 aliphatic rings. The van der Waals surface area contributed by atoms with Crippen LogP contribution in [0.5, 0.6) is 0 Å². The van der Waals surface area contributed by atoms with Crippen LogP contribution in [0.1, 0.15) is 25.5 Å². The molecule has 0 aliphatic heterocycles. The van der Waals surface area contributed by atoms with Crippen molar-refractivity contribution < 1.29 is 13.2 Å². The molecule has 0 saturated carbocycles. The summed E-state index contributed by atoms with van der Waals surface area (Å²) in [5.41, 5.74) is -3.26. The predicted molar refractivity (Wildman–Crippen MR) is 51.2 cm³/mol. The molecule has 90 valence electrons. The molecule has 1 rings (SSSR count). The van der Waals surface area contributed by atoms with Gasteiger partial charge in [-0.3, -0.25) is 9.36 Å². The summed E-state index contributed by atoms with van der Waals surface area (Å²) < 4.78 is 37.4. The van der Waals surface area contributed by atoms with Crippen LogP contribution in [0.3, 0.4) is 0 Å². The molecule has 0 spiro atoms. The van der Waals surface area contributed by atoms with E-state index in [0.29, 0.717) is 12.5 Å². The minimum Gasteiger partial charge on any atom is -0.303 e. The van der Waals surface area contributed by atoms with E-state index in [1.807, 2.05) is 6.92 Å². The van der Waals surface area contributed by atoms with Crippen LogP contribution in [0.15, 0.2) is 15.7 Å². The maximum absolute atomic E-state index is 12.2. The third kappa shape index (κ3) is 2.74. The summed E-state index contributed by atoms with van der Waals surface area (Å²) >= 11 is 0. The largest absolute Gasteiger partial charge is 0.431 e. The SMILES string of the molecule is CCCCn1c(=O)cc(C(F)(F)F)[nH]c1=O. The zero-order valence-corrected chi connectivity index (χ0v) is 8.60. The maximum atomic E-state index is 12.2. The molecule has 0 bridgehead atoms. The lowest BCUT2D eigenvalue weighted by Gasteiger charge is -2.08. The van der Waals surface area contributed by atoms with Crippen LogP contribution in [0.4, 0.5) is 13.2 Å². The lowest BCUT2D eigenvalue weighted by atomic mass is 10.3. The minimum atomic E-state index is -4.71. The first-order valence-electron chi connectivity index (χ1n) is 4.77. The van der Waals surface area contributed by atoms with Gasteiger partial charge in [-0.05, 0) is 6.42 Å². The van der Waals surface area contributed by atoms with Gasteiger partial charge in [-0.25, -0.2) is 4.79 Å². The van der Waals surface area contributed by atoms with Crippen molar-refractivity contribution in [3.8, 4) is 0 Å². The quantitative estimate of drug-likeness (QED) is 0.861. The third-order valence-electron chi connectivity index (χ3n) is 2.06. The van der Waals surface area contributed by atoms with Gasteiger partial charge in [-0.1, -0.05) is 13.3 Å². The minimum absolute atomic E-state index is 0.128. The molecular formula is C9H11F3N2O2. The van der Waals surface area contributed by atoms with Crippen LogP contribution in [-0.2, 0) is 12.7 Å². The van der Waals surface area contributed by atoms with Gasteiger partial charge < -0.3 is 4.98 Å². The Morgan fingerprint density at radius 3 is 2.44 bits per heavy atom. The summed E-state index contributed by atoms with van der Waals surface area (Å²) in [5.74, 6) is 0. The molecule has 1 heterocycles. The average Bonchev–Trinajstić information content (AvgIpc) is 2.15. The lowest BCUT2D eigenvalue weighted by molar-refractivity contribution is -0.141. The number of aromatic nitrogens is 2. The van der Waals surface area contributed by atoms with Crippen molar-refractivity contribution in [3.63, 3.8) is 0 Å². The second-order valence-electron chi connectivity index (χ2n) is 3.33. The number of alkyl halides is 3. The van der Waals surface area contributed by atoms with Crippen LogP contribution >= 0.6 is 0 Å². The molecule has 16 heavy (non-hydrogen) atoms. The first-order chi connectivity index (χ1) is 7.36. The van der Waals surface area contributed by atoms with Crippen molar-refractivity contribution >= 4 is 0 Å². The van der Waals surface area contributed by atoms with E-state index in [1.54, 1.807) is 4.98 Å². The smallest absolute Gasteiger partial charge is 0.303 e. The highest BCUT2D eigenvalue weighted by atomic mass is 19.4. The van der Waals surface area contributed by atoms with Crippen molar-refractivity contribution in [2.24, 2.45) is 0 Å². The number of nitrogens with zero attached hydrogens (tertiary/aromatic N) is 1. The van der Waals surface area contributed by atoms with E-state index in [1.165, 1.54) is 0 Å². The Kier molecular flexibility index (Phi) is 3.56. The molecule has 0 saturated heterocycles. The summed E-state index contributed by atoms with van der Waals surface area (Å²) in [4.78, 5) is 24.1. The number of hydrogen-bond acceptors (Lipinski definition) is 2. The zero-order valence-electron chi connectivity index (χ0n) is 8.60. The van der Waals surface area contributed by atoms with E-state index in [4.69, 9.17) is 0 Å². The van der Waals surface area contributed by atoms with Crippen LogP contribution in [0.25, 0.3) is 0 Å². The van der Waals surface area contributed by atoms with E-state index in [-0.39, 0.29) is 6.54 Å². The topological polar surface area (TPSA) is 54.9 Å². The fourth-order valence-electron chi connectivity index (χ4n) is 1.20. The van der Waals surface area contributed by atoms with Gasteiger partial charge >= 0.3 is 11.9 Å². The molecule has 0 radical (unpaired) electrons. The highest BCUT2D eigenvalue weighted by Gasteiger charge is 2.32. The van der Waals surface area contributed by atoms with Gasteiger partial charge in [-0.2, -0.15) is 13.2 Å². The summed E-state index contributed by atoms with van der Waals surface area (Å²) in [6, 6.07) is 0.400. The van der Waals surface area contributed by atoms with E-state index < -0.39 is 23.1 Å². The molecule has 0 fully saturated rings. The average molecular weight is 236 g/mol. The molecule has 0 unspecified atom stereocenters. The number of aromatic amines is 1. The number of halogens is 3. The number of H-pyrrole nitrogens is 1. The van der Waals surface area contributed by atoms with Gasteiger partial charge in [0, 0.05) is 12.6 Å². The molecule has 7 heteroatoms. The van der Waals surface area contributed by atoms with Crippen LogP contribution in [0.2, 0.25) is 0 Å². The van der Waals surface area contributed by atoms with E-state index in [9.17, 15) is 22.8 Å². The predicted octanol–water partition coefficient (Wildman–Crippen LogP) is 1.36. The number of unbranched alkanes of at least 4 members (excludes halogenated alkanes) is 1. The van der Waals surface area contributed by atoms with Crippen LogP contribution in [0, 0.1) is 0 Å². The van der Waals surface area contributed by atoms with Crippen molar-refractivity contribution in [1.29, 1.82) is 0 Å². The molecule has 0 aliphatic carbocycles. The van der Waals surface area contributed by atoms with E-state index in [0.717, 1.165) is 11.0 Å². The van der Waals surface area contributed by atoms with Gasteiger partial charge in [0.15, 0.2) is 0 Å². The lowest BCUT2D eigenvalue weighted by Crippen LogP contribution is -2.37. The number of rotatable bonds is 3. The van der Waals surface area contributed by atoms with E-state index >= 15 is 0 Å². The van der Waals surface area contributed by atoms with Gasteiger partial charge in [0.05, 0.1) is 0 Å². The Hall–Kier alpha value is -1.53. The zero-order chi connectivity index (χ0) is 12.3. The van der Waals surface area contributed by atoms with Crippen molar-refractivity contribution in [3.05, 3.63) is 32.6 Å². The summed E-state index contributed by atoms with van der Waals surface area (Å²) in [6.45, 7) is 1.98. The van der Waals surface area contributed by atoms with Gasteiger partial charge in [0.2, 0.25) is 0 Å². The van der Waals surface area contributed by atoms with Crippen LogP contribution in [-0.4, -0.2) is 9.55 Å². The maximum Gasteiger partial charge on any atom is 0.431 e. The standard InChI is InChI=1S/C9H11F3N2O2/c1-2-3-4-14-7(15)5-6(9(10,11)12)13-8(14)16/h5H,2-4H2,1H3,(H,13,16). The third-order valence-corrected chi connectivity index (χ3v) is 2.06. The molecule has 4 nitrogen and oxygen atoms in total.